The van der Waals surface area contributed by atoms with Gasteiger partial charge in [-0.15, -0.1) is 0 Å². The van der Waals surface area contributed by atoms with Gasteiger partial charge in [-0.25, -0.2) is 0 Å². The Bertz CT molecular complexity index is 547. The Morgan fingerprint density at radius 2 is 1.52 bits per heavy atom. The van der Waals surface area contributed by atoms with Crippen LogP contribution >= 0.6 is 0 Å². The van der Waals surface area contributed by atoms with E-state index in [1.54, 1.807) is 0 Å². The van der Waals surface area contributed by atoms with E-state index in [0.717, 1.165) is 12.2 Å². The quantitative estimate of drug-likeness (QED) is 0.924. The zero-order valence-electron chi connectivity index (χ0n) is 15.6. The monoisotopic (exact) mass is 317 g/mol. The van der Waals surface area contributed by atoms with E-state index in [9.17, 15) is 0 Å². The van der Waals surface area contributed by atoms with Crippen LogP contribution in [0.15, 0.2) is 30.7 Å². The highest BCUT2D eigenvalue weighted by atomic mass is 16.3. The van der Waals surface area contributed by atoms with E-state index in [-0.39, 0.29) is 6.61 Å². The molecule has 4 nitrogen and oxygen atoms in total. The molecule has 0 aliphatic rings. The van der Waals surface area contributed by atoms with Crippen molar-refractivity contribution in [1.82, 2.24) is 14.9 Å². The normalized spacial score (nSPS) is 9.61. The third-order valence-electron chi connectivity index (χ3n) is 3.36. The summed E-state index contributed by atoms with van der Waals surface area (Å²) in [6.07, 6.45) is 5.59. The molecule has 0 saturated heterocycles. The molecule has 0 unspecified atom stereocenters. The summed E-state index contributed by atoms with van der Waals surface area (Å²) in [5.74, 6) is 0. The summed E-state index contributed by atoms with van der Waals surface area (Å²) in [6, 6.07) is 4.10. The first-order valence-electron chi connectivity index (χ1n) is 7.80. The minimum Gasteiger partial charge on any atom is -0.395 e. The molecule has 0 aliphatic carbocycles. The Kier molecular flexibility index (Phi) is 10.8. The number of nitrogens with zero attached hydrogens (tertiary/aromatic N) is 3. The van der Waals surface area contributed by atoms with E-state index in [1.807, 2.05) is 50.6 Å². The molecule has 0 saturated carbocycles. The first-order valence-corrected chi connectivity index (χ1v) is 7.80. The first kappa shape index (κ1) is 21.2. The van der Waals surface area contributed by atoms with Crippen molar-refractivity contribution < 1.29 is 5.11 Å². The van der Waals surface area contributed by atoms with E-state index in [0.29, 0.717) is 0 Å². The van der Waals surface area contributed by atoms with Crippen LogP contribution in [0, 0.1) is 34.6 Å². The lowest BCUT2D eigenvalue weighted by molar-refractivity contribution is 0.243. The van der Waals surface area contributed by atoms with Crippen molar-refractivity contribution in [2.45, 2.75) is 34.6 Å². The van der Waals surface area contributed by atoms with Gasteiger partial charge in [-0.1, -0.05) is 0 Å². The summed E-state index contributed by atoms with van der Waals surface area (Å²) in [6.45, 7) is 11.3. The van der Waals surface area contributed by atoms with Gasteiger partial charge in [0.2, 0.25) is 0 Å². The van der Waals surface area contributed by atoms with E-state index in [4.69, 9.17) is 5.11 Å². The summed E-state index contributed by atoms with van der Waals surface area (Å²) in [5.41, 5.74) is 6.24. The summed E-state index contributed by atoms with van der Waals surface area (Å²) >= 11 is 0. The number of rotatable bonds is 2. The predicted octanol–water partition coefficient (Wildman–Crippen LogP) is 3.25. The third-order valence-corrected chi connectivity index (χ3v) is 3.36. The molecule has 0 bridgehead atoms. The predicted molar refractivity (Wildman–Crippen MR) is 97.8 cm³/mol. The second-order valence-electron chi connectivity index (χ2n) is 5.90. The van der Waals surface area contributed by atoms with Gasteiger partial charge in [-0.3, -0.25) is 9.97 Å². The van der Waals surface area contributed by atoms with Gasteiger partial charge in [-0.05, 0) is 83.1 Å². The highest BCUT2D eigenvalue weighted by molar-refractivity contribution is 5.22. The van der Waals surface area contributed by atoms with Gasteiger partial charge in [0.15, 0.2) is 0 Å². The second kappa shape index (κ2) is 11.7. The maximum Gasteiger partial charge on any atom is 0.0558 e. The standard InChI is InChI=1S/C8H11N.C7H9N.C4H11NO/c1-6-4-8(3)9-5-7(6)2;1-6-3-4-8-5-7(6)2;1-5(2)3-4-6/h4-5H,1-3H3;3-5H,1-2H3;6H,3-4H2,1-2H3. The summed E-state index contributed by atoms with van der Waals surface area (Å²) in [7, 11) is 3.85. The molecule has 128 valence electrons. The van der Waals surface area contributed by atoms with Crippen LogP contribution in [-0.4, -0.2) is 47.2 Å². The van der Waals surface area contributed by atoms with Crippen LogP contribution in [0.3, 0.4) is 0 Å². The van der Waals surface area contributed by atoms with Crippen LogP contribution in [0.2, 0.25) is 0 Å². The van der Waals surface area contributed by atoms with Crippen molar-refractivity contribution in [1.29, 1.82) is 0 Å². The Morgan fingerprint density at radius 3 is 1.83 bits per heavy atom. The average molecular weight is 317 g/mol. The fourth-order valence-electron chi connectivity index (χ4n) is 1.51. The van der Waals surface area contributed by atoms with Crippen molar-refractivity contribution >= 4 is 0 Å². The molecule has 0 amide bonds. The van der Waals surface area contributed by atoms with Crippen LogP contribution in [-0.2, 0) is 0 Å². The fraction of sp³-hybridized carbons (Fsp3) is 0.474. The van der Waals surface area contributed by atoms with E-state index < -0.39 is 0 Å². The molecule has 2 rings (SSSR count). The Morgan fingerprint density at radius 1 is 0.913 bits per heavy atom. The SMILES string of the molecule is CN(C)CCO.Cc1cc(C)c(C)cn1.Cc1ccncc1C. The maximum absolute atomic E-state index is 8.20. The molecule has 0 aromatic carbocycles. The van der Waals surface area contributed by atoms with Crippen LogP contribution in [0.5, 0.6) is 0 Å². The topological polar surface area (TPSA) is 49.2 Å². The molecular weight excluding hydrogens is 286 g/mol. The molecule has 23 heavy (non-hydrogen) atoms. The lowest BCUT2D eigenvalue weighted by atomic mass is 10.2. The first-order chi connectivity index (χ1) is 10.8. The number of hydrogen-bond acceptors (Lipinski definition) is 4. The maximum atomic E-state index is 8.20. The van der Waals surface area contributed by atoms with Crippen molar-refractivity contribution in [3.63, 3.8) is 0 Å². The van der Waals surface area contributed by atoms with Crippen LogP contribution in [0.1, 0.15) is 27.9 Å². The highest BCUT2D eigenvalue weighted by Gasteiger charge is 1.90. The van der Waals surface area contributed by atoms with Crippen molar-refractivity contribution in [2.24, 2.45) is 0 Å². The molecule has 4 heteroatoms. The number of aliphatic hydroxyl groups excluding tert-OH is 1. The summed E-state index contributed by atoms with van der Waals surface area (Å²) in [5, 5.41) is 8.20. The number of aromatic nitrogens is 2. The number of pyridine rings is 2. The zero-order valence-corrected chi connectivity index (χ0v) is 15.6. The molecule has 0 aliphatic heterocycles. The highest BCUT2D eigenvalue weighted by Crippen LogP contribution is 2.04. The molecule has 0 spiro atoms. The Labute approximate surface area is 141 Å². The molecule has 0 radical (unpaired) electrons. The molecule has 2 aromatic rings. The van der Waals surface area contributed by atoms with Crippen molar-refractivity contribution in [2.75, 3.05) is 27.2 Å². The number of aryl methyl sites for hydroxylation is 5. The third kappa shape index (κ3) is 10.6. The molecule has 2 aromatic heterocycles. The second-order valence-corrected chi connectivity index (χ2v) is 5.90. The minimum atomic E-state index is 0.257. The zero-order chi connectivity index (χ0) is 17.8. The van der Waals surface area contributed by atoms with E-state index >= 15 is 0 Å². The van der Waals surface area contributed by atoms with Crippen molar-refractivity contribution in [3.8, 4) is 0 Å². The molecule has 0 fully saturated rings. The number of hydrogen-bond donors (Lipinski definition) is 1. The van der Waals surface area contributed by atoms with Gasteiger partial charge in [0.25, 0.3) is 0 Å². The molecular formula is C19H31N3O. The van der Waals surface area contributed by atoms with Gasteiger partial charge < -0.3 is 10.0 Å². The number of likely N-dealkylation sites (N-methyl/N-ethyl adjacent to an activating group) is 1. The lowest BCUT2D eigenvalue weighted by Gasteiger charge is -2.03. The molecule has 2 heterocycles. The Balaban J connectivity index is 0.000000323. The van der Waals surface area contributed by atoms with Crippen LogP contribution < -0.4 is 0 Å². The van der Waals surface area contributed by atoms with Gasteiger partial charge in [0.1, 0.15) is 0 Å². The van der Waals surface area contributed by atoms with Gasteiger partial charge in [0, 0.05) is 30.8 Å². The van der Waals surface area contributed by atoms with Gasteiger partial charge in [0.05, 0.1) is 6.61 Å². The minimum absolute atomic E-state index is 0.257. The largest absolute Gasteiger partial charge is 0.395 e. The van der Waals surface area contributed by atoms with E-state index in [1.165, 1.54) is 22.3 Å². The molecule has 1 N–H and O–H groups in total. The molecule has 0 atom stereocenters. The average Bonchev–Trinajstić information content (AvgIpc) is 2.48. The van der Waals surface area contributed by atoms with Crippen molar-refractivity contribution in [3.05, 3.63) is 58.7 Å². The number of aliphatic hydroxyl groups is 1. The van der Waals surface area contributed by atoms with Crippen LogP contribution in [0.25, 0.3) is 0 Å². The summed E-state index contributed by atoms with van der Waals surface area (Å²) < 4.78 is 0. The fourth-order valence-corrected chi connectivity index (χ4v) is 1.51. The van der Waals surface area contributed by atoms with Gasteiger partial charge in [-0.2, -0.15) is 0 Å². The van der Waals surface area contributed by atoms with Crippen LogP contribution in [0.4, 0.5) is 0 Å². The Hall–Kier alpha value is -1.78. The van der Waals surface area contributed by atoms with E-state index in [2.05, 4.69) is 43.7 Å². The summed E-state index contributed by atoms with van der Waals surface area (Å²) in [4.78, 5) is 10.0. The smallest absolute Gasteiger partial charge is 0.0558 e. The van der Waals surface area contributed by atoms with Gasteiger partial charge >= 0.3 is 0 Å². The lowest BCUT2D eigenvalue weighted by Crippen LogP contribution is -2.15.